The van der Waals surface area contributed by atoms with Gasteiger partial charge in [-0.25, -0.2) is 0 Å². The molecule has 2 fully saturated rings. The van der Waals surface area contributed by atoms with Gasteiger partial charge in [-0.3, -0.25) is 4.90 Å². The average Bonchev–Trinajstić information content (AvgIpc) is 2.68. The third-order valence-corrected chi connectivity index (χ3v) is 3.65. The molecule has 2 unspecified atom stereocenters. The number of morpholine rings is 1. The standard InChI is InChI=1S/C11H22N2O/c1-3-9(4-2)13-5-6-14-11-8-12-7-10(11)13/h9-12H,3-8H2,1-2H3. The highest BCUT2D eigenvalue weighted by molar-refractivity contribution is 4.94. The Hall–Kier alpha value is -0.120. The van der Waals surface area contributed by atoms with Crippen molar-refractivity contribution < 1.29 is 4.74 Å². The number of fused-ring (bicyclic) bond motifs is 1. The van der Waals surface area contributed by atoms with E-state index in [9.17, 15) is 0 Å². The van der Waals surface area contributed by atoms with Crippen LogP contribution in [0.15, 0.2) is 0 Å². The second-order valence-electron chi connectivity index (χ2n) is 4.34. The lowest BCUT2D eigenvalue weighted by Crippen LogP contribution is -2.54. The van der Waals surface area contributed by atoms with Crippen LogP contribution in [0.4, 0.5) is 0 Å². The van der Waals surface area contributed by atoms with E-state index >= 15 is 0 Å². The summed E-state index contributed by atoms with van der Waals surface area (Å²) in [7, 11) is 0. The molecule has 3 nitrogen and oxygen atoms in total. The van der Waals surface area contributed by atoms with Crippen LogP contribution in [0, 0.1) is 0 Å². The lowest BCUT2D eigenvalue weighted by molar-refractivity contribution is -0.0643. The molecule has 2 aliphatic heterocycles. The summed E-state index contributed by atoms with van der Waals surface area (Å²) in [6.45, 7) is 8.78. The zero-order chi connectivity index (χ0) is 9.97. The first-order chi connectivity index (χ1) is 6.86. The van der Waals surface area contributed by atoms with Gasteiger partial charge in [0.1, 0.15) is 0 Å². The van der Waals surface area contributed by atoms with Crippen LogP contribution in [0.1, 0.15) is 26.7 Å². The summed E-state index contributed by atoms with van der Waals surface area (Å²) in [4.78, 5) is 2.66. The first-order valence-electron chi connectivity index (χ1n) is 5.94. The van der Waals surface area contributed by atoms with Crippen LogP contribution in [0.5, 0.6) is 0 Å². The molecule has 0 spiro atoms. The maximum atomic E-state index is 5.77. The second kappa shape index (κ2) is 4.60. The molecule has 0 aliphatic carbocycles. The van der Waals surface area contributed by atoms with Crippen molar-refractivity contribution in [3.63, 3.8) is 0 Å². The topological polar surface area (TPSA) is 24.5 Å². The SMILES string of the molecule is CCC(CC)N1CCOC2CNCC21. The van der Waals surface area contributed by atoms with Gasteiger partial charge in [0.05, 0.1) is 12.7 Å². The van der Waals surface area contributed by atoms with Crippen LogP contribution in [0.2, 0.25) is 0 Å². The molecule has 2 saturated heterocycles. The molecule has 0 saturated carbocycles. The van der Waals surface area contributed by atoms with Crippen LogP contribution >= 0.6 is 0 Å². The van der Waals surface area contributed by atoms with Gasteiger partial charge in [0, 0.05) is 31.7 Å². The van der Waals surface area contributed by atoms with Crippen LogP contribution in [0.25, 0.3) is 0 Å². The van der Waals surface area contributed by atoms with Crippen LogP contribution in [0.3, 0.4) is 0 Å². The van der Waals surface area contributed by atoms with Crippen LogP contribution in [-0.4, -0.2) is 49.3 Å². The van der Waals surface area contributed by atoms with E-state index < -0.39 is 0 Å². The van der Waals surface area contributed by atoms with Crippen molar-refractivity contribution in [1.29, 1.82) is 0 Å². The fourth-order valence-corrected chi connectivity index (χ4v) is 2.83. The lowest BCUT2D eigenvalue weighted by atomic mass is 10.0. The Labute approximate surface area is 86.8 Å². The first-order valence-corrected chi connectivity index (χ1v) is 5.94. The molecular weight excluding hydrogens is 176 g/mol. The quantitative estimate of drug-likeness (QED) is 0.727. The average molecular weight is 198 g/mol. The summed E-state index contributed by atoms with van der Waals surface area (Å²) in [6, 6.07) is 1.39. The van der Waals surface area contributed by atoms with Gasteiger partial charge >= 0.3 is 0 Å². The van der Waals surface area contributed by atoms with Crippen LogP contribution < -0.4 is 5.32 Å². The summed E-state index contributed by atoms with van der Waals surface area (Å²) in [5.74, 6) is 0. The molecule has 0 radical (unpaired) electrons. The minimum Gasteiger partial charge on any atom is -0.374 e. The Kier molecular flexibility index (Phi) is 3.42. The van der Waals surface area contributed by atoms with Crippen LogP contribution in [-0.2, 0) is 4.74 Å². The maximum absolute atomic E-state index is 5.77. The first kappa shape index (κ1) is 10.4. The monoisotopic (exact) mass is 198 g/mol. The van der Waals surface area contributed by atoms with Gasteiger partial charge in [-0.05, 0) is 12.8 Å². The number of hydrogen-bond donors (Lipinski definition) is 1. The normalized spacial score (nSPS) is 33.6. The van der Waals surface area contributed by atoms with Crippen molar-refractivity contribution in [2.45, 2.75) is 44.9 Å². The zero-order valence-electron chi connectivity index (χ0n) is 9.33. The van der Waals surface area contributed by atoms with Crippen molar-refractivity contribution in [3.8, 4) is 0 Å². The molecule has 0 aromatic carbocycles. The fourth-order valence-electron chi connectivity index (χ4n) is 2.83. The molecule has 1 N–H and O–H groups in total. The van der Waals surface area contributed by atoms with Crippen molar-refractivity contribution in [3.05, 3.63) is 0 Å². The predicted octanol–water partition coefficient (Wildman–Crippen LogP) is 0.848. The maximum Gasteiger partial charge on any atom is 0.0867 e. The Balaban J connectivity index is 2.01. The van der Waals surface area contributed by atoms with Gasteiger partial charge in [-0.2, -0.15) is 0 Å². The van der Waals surface area contributed by atoms with Gasteiger partial charge in [0.2, 0.25) is 0 Å². The molecule has 2 rings (SSSR count). The fraction of sp³-hybridized carbons (Fsp3) is 1.00. The highest BCUT2D eigenvalue weighted by Gasteiger charge is 2.37. The molecule has 0 aromatic rings. The number of rotatable bonds is 3. The van der Waals surface area contributed by atoms with E-state index in [0.717, 1.165) is 32.3 Å². The predicted molar refractivity (Wildman–Crippen MR) is 57.5 cm³/mol. The van der Waals surface area contributed by atoms with E-state index in [0.29, 0.717) is 12.1 Å². The molecule has 2 aliphatic rings. The summed E-state index contributed by atoms with van der Waals surface area (Å²) < 4.78 is 5.77. The van der Waals surface area contributed by atoms with E-state index in [2.05, 4.69) is 24.1 Å². The number of nitrogens with zero attached hydrogens (tertiary/aromatic N) is 1. The largest absolute Gasteiger partial charge is 0.374 e. The second-order valence-corrected chi connectivity index (χ2v) is 4.34. The molecular formula is C11H22N2O. The molecule has 82 valence electrons. The Morgan fingerprint density at radius 3 is 2.86 bits per heavy atom. The van der Waals surface area contributed by atoms with Crippen molar-refractivity contribution in [2.24, 2.45) is 0 Å². The van der Waals surface area contributed by atoms with Gasteiger partial charge in [0.25, 0.3) is 0 Å². The van der Waals surface area contributed by atoms with Gasteiger partial charge in [-0.15, -0.1) is 0 Å². The molecule has 2 atom stereocenters. The van der Waals surface area contributed by atoms with E-state index in [-0.39, 0.29) is 0 Å². The highest BCUT2D eigenvalue weighted by atomic mass is 16.5. The van der Waals surface area contributed by atoms with E-state index in [1.165, 1.54) is 12.8 Å². The Morgan fingerprint density at radius 2 is 2.14 bits per heavy atom. The molecule has 14 heavy (non-hydrogen) atoms. The number of hydrogen-bond acceptors (Lipinski definition) is 3. The van der Waals surface area contributed by atoms with E-state index in [1.807, 2.05) is 0 Å². The molecule has 0 bridgehead atoms. The third kappa shape index (κ3) is 1.81. The Bertz CT molecular complexity index is 182. The smallest absolute Gasteiger partial charge is 0.0867 e. The zero-order valence-corrected chi connectivity index (χ0v) is 9.33. The van der Waals surface area contributed by atoms with Gasteiger partial charge in [0.15, 0.2) is 0 Å². The lowest BCUT2D eigenvalue weighted by Gasteiger charge is -2.41. The summed E-state index contributed by atoms with van der Waals surface area (Å²) >= 11 is 0. The minimum atomic E-state index is 0.448. The van der Waals surface area contributed by atoms with Gasteiger partial charge < -0.3 is 10.1 Å². The van der Waals surface area contributed by atoms with Crippen molar-refractivity contribution >= 4 is 0 Å². The molecule has 0 amide bonds. The van der Waals surface area contributed by atoms with Crippen molar-refractivity contribution in [1.82, 2.24) is 10.2 Å². The van der Waals surface area contributed by atoms with Crippen molar-refractivity contribution in [2.75, 3.05) is 26.2 Å². The number of nitrogens with one attached hydrogen (secondary N) is 1. The summed E-state index contributed by atoms with van der Waals surface area (Å²) in [5.41, 5.74) is 0. The minimum absolute atomic E-state index is 0.448. The molecule has 3 heteroatoms. The Morgan fingerprint density at radius 1 is 1.36 bits per heavy atom. The molecule has 2 heterocycles. The highest BCUT2D eigenvalue weighted by Crippen LogP contribution is 2.22. The summed E-state index contributed by atoms with van der Waals surface area (Å²) in [5, 5.41) is 3.43. The van der Waals surface area contributed by atoms with E-state index in [1.54, 1.807) is 0 Å². The van der Waals surface area contributed by atoms with Gasteiger partial charge in [-0.1, -0.05) is 13.8 Å². The third-order valence-electron chi connectivity index (χ3n) is 3.65. The molecule has 0 aromatic heterocycles. The number of ether oxygens (including phenoxy) is 1. The summed E-state index contributed by atoms with van der Waals surface area (Å²) in [6.07, 6.45) is 2.98. The van der Waals surface area contributed by atoms with E-state index in [4.69, 9.17) is 4.74 Å².